The van der Waals surface area contributed by atoms with Crippen LogP contribution in [0.25, 0.3) is 0 Å². The molecule has 0 bridgehead atoms. The lowest BCUT2D eigenvalue weighted by Gasteiger charge is -1.80. The molecule has 2 N–H and O–H groups in total. The minimum absolute atomic E-state index is 0.296. The molecule has 62 valence electrons. The molecule has 0 aliphatic carbocycles. The van der Waals surface area contributed by atoms with E-state index in [-0.39, 0.29) is 6.09 Å². The molecule has 1 heterocycles. The molecule has 0 spiro atoms. The highest BCUT2D eigenvalue weighted by molar-refractivity contribution is 5.68. The zero-order valence-corrected chi connectivity index (χ0v) is 6.68. The Hall–Kier alpha value is -0.770. The van der Waals surface area contributed by atoms with E-state index in [2.05, 4.69) is 10.1 Å². The number of cyclic esters (lactones) is 1. The maximum absolute atomic E-state index is 9.91. The van der Waals surface area contributed by atoms with Crippen LogP contribution in [-0.4, -0.2) is 31.5 Å². The van der Waals surface area contributed by atoms with Gasteiger partial charge in [0.15, 0.2) is 0 Å². The van der Waals surface area contributed by atoms with Crippen molar-refractivity contribution in [3.63, 3.8) is 0 Å². The second-order valence-electron chi connectivity index (χ2n) is 1.06. The van der Waals surface area contributed by atoms with Gasteiger partial charge in [0.2, 0.25) is 0 Å². The summed E-state index contributed by atoms with van der Waals surface area (Å²) in [5.74, 6) is 0. The van der Waals surface area contributed by atoms with Gasteiger partial charge < -0.3 is 15.2 Å². The van der Waals surface area contributed by atoms with Crippen LogP contribution in [0.1, 0.15) is 13.8 Å². The quantitative estimate of drug-likeness (QED) is 0.523. The van der Waals surface area contributed by atoms with E-state index >= 15 is 0 Å². The molecule has 0 aromatic carbocycles. The third kappa shape index (κ3) is 7.23. The second kappa shape index (κ2) is 11.1. The first kappa shape index (κ1) is 12.0. The Bertz CT molecular complexity index is 67.4. The molecule has 10 heavy (non-hydrogen) atoms. The molecular weight excluding hydrogens is 134 g/mol. The minimum Gasteiger partial charge on any atom is -0.448 e. The maximum atomic E-state index is 9.91. The van der Waals surface area contributed by atoms with Crippen LogP contribution in [0, 0.1) is 0 Å². The van der Waals surface area contributed by atoms with Crippen LogP contribution in [-0.2, 0) is 4.74 Å². The van der Waals surface area contributed by atoms with Crippen LogP contribution in [0.15, 0.2) is 0 Å². The molecule has 4 nitrogen and oxygen atoms in total. The molecule has 1 aliphatic rings. The molecule has 0 radical (unpaired) electrons. The molecule has 1 aliphatic heterocycles. The van der Waals surface area contributed by atoms with Gasteiger partial charge in [-0.3, -0.25) is 0 Å². The van der Waals surface area contributed by atoms with E-state index in [1.807, 2.05) is 13.8 Å². The summed E-state index contributed by atoms with van der Waals surface area (Å²) in [5, 5.41) is 9.46. The van der Waals surface area contributed by atoms with Gasteiger partial charge in [-0.1, -0.05) is 13.8 Å². The lowest BCUT2D eigenvalue weighted by molar-refractivity contribution is 0.178. The monoisotopic (exact) mass is 149 g/mol. The summed E-state index contributed by atoms with van der Waals surface area (Å²) in [6.45, 7) is 5.19. The molecule has 1 fully saturated rings. The third-order valence-corrected chi connectivity index (χ3v) is 0.605. The number of hydrogen-bond donors (Lipinski definition) is 2. The molecule has 0 saturated carbocycles. The first-order valence-electron chi connectivity index (χ1n) is 3.25. The lowest BCUT2D eigenvalue weighted by atomic mass is 10.7. The van der Waals surface area contributed by atoms with Crippen LogP contribution in [0.4, 0.5) is 4.79 Å². The fourth-order valence-corrected chi connectivity index (χ4v) is 0.348. The number of carbonyl (C=O) groups excluding carboxylic acids is 1. The zero-order valence-electron chi connectivity index (χ0n) is 6.68. The number of rotatable bonds is 0. The van der Waals surface area contributed by atoms with Crippen LogP contribution in [0.2, 0.25) is 0 Å². The van der Waals surface area contributed by atoms with Crippen molar-refractivity contribution in [1.82, 2.24) is 5.32 Å². The average Bonchev–Trinajstić information content (AvgIpc) is 2.48. The van der Waals surface area contributed by atoms with Crippen LogP contribution in [0.5, 0.6) is 0 Å². The standard InChI is InChI=1S/C3H5NO2.C2H6.CH4O/c5-3-4-1-2-6-3;2*1-2/h1-2H2,(H,4,5);1-2H3;2H,1H3. The van der Waals surface area contributed by atoms with Crippen molar-refractivity contribution in [3.05, 3.63) is 0 Å². The zero-order chi connectivity index (χ0) is 8.41. The highest BCUT2D eigenvalue weighted by Gasteiger charge is 2.06. The number of alkyl carbamates (subject to hydrolysis) is 1. The maximum Gasteiger partial charge on any atom is 0.407 e. The van der Waals surface area contributed by atoms with Gasteiger partial charge in [0.1, 0.15) is 6.61 Å². The Morgan fingerprint density at radius 3 is 2.10 bits per heavy atom. The summed E-state index contributed by atoms with van der Waals surface area (Å²) in [5.41, 5.74) is 0. The lowest BCUT2D eigenvalue weighted by Crippen LogP contribution is -2.11. The molecule has 4 heteroatoms. The van der Waals surface area contributed by atoms with E-state index in [0.717, 1.165) is 7.11 Å². The van der Waals surface area contributed by atoms with Gasteiger partial charge in [-0.15, -0.1) is 0 Å². The van der Waals surface area contributed by atoms with Crippen molar-refractivity contribution in [2.24, 2.45) is 0 Å². The molecule has 0 aromatic rings. The predicted octanol–water partition coefficient (Wildman–Crippen LogP) is 0.361. The highest BCUT2D eigenvalue weighted by Crippen LogP contribution is 1.82. The van der Waals surface area contributed by atoms with Crippen LogP contribution < -0.4 is 5.32 Å². The number of ether oxygens (including phenoxy) is 1. The van der Waals surface area contributed by atoms with E-state index in [1.54, 1.807) is 0 Å². The Morgan fingerprint density at radius 1 is 1.50 bits per heavy atom. The van der Waals surface area contributed by atoms with Gasteiger partial charge in [0.05, 0.1) is 6.54 Å². The first-order chi connectivity index (χ1) is 4.89. The van der Waals surface area contributed by atoms with Crippen molar-refractivity contribution in [2.75, 3.05) is 20.3 Å². The molecule has 1 amide bonds. The molecule has 0 unspecified atom stereocenters. The van der Waals surface area contributed by atoms with Gasteiger partial charge >= 0.3 is 6.09 Å². The van der Waals surface area contributed by atoms with Crippen molar-refractivity contribution in [3.8, 4) is 0 Å². The summed E-state index contributed by atoms with van der Waals surface area (Å²) in [6.07, 6.45) is -0.296. The Morgan fingerprint density at radius 2 is 2.00 bits per heavy atom. The fraction of sp³-hybridized carbons (Fsp3) is 0.833. The van der Waals surface area contributed by atoms with Gasteiger partial charge in [0.25, 0.3) is 0 Å². The molecule has 1 rings (SSSR count). The minimum atomic E-state index is -0.296. The van der Waals surface area contributed by atoms with Gasteiger partial charge in [-0.05, 0) is 0 Å². The number of hydrogen-bond acceptors (Lipinski definition) is 3. The summed E-state index contributed by atoms with van der Waals surface area (Å²) < 4.78 is 4.40. The average molecular weight is 149 g/mol. The predicted molar refractivity (Wildman–Crippen MR) is 38.8 cm³/mol. The molecule has 1 saturated heterocycles. The number of amides is 1. The van der Waals surface area contributed by atoms with Crippen molar-refractivity contribution in [2.45, 2.75) is 13.8 Å². The van der Waals surface area contributed by atoms with Crippen molar-refractivity contribution in [1.29, 1.82) is 0 Å². The normalized spacial score (nSPS) is 13.0. The number of nitrogens with one attached hydrogen (secondary N) is 1. The van der Waals surface area contributed by atoms with E-state index < -0.39 is 0 Å². The number of aliphatic hydroxyl groups is 1. The van der Waals surface area contributed by atoms with E-state index in [9.17, 15) is 4.79 Å². The molecular formula is C6H15NO3. The summed E-state index contributed by atoms with van der Waals surface area (Å²) >= 11 is 0. The third-order valence-electron chi connectivity index (χ3n) is 0.605. The first-order valence-corrected chi connectivity index (χ1v) is 3.25. The van der Waals surface area contributed by atoms with Gasteiger partial charge in [-0.25, -0.2) is 4.79 Å². The van der Waals surface area contributed by atoms with Gasteiger partial charge in [0, 0.05) is 7.11 Å². The fourth-order valence-electron chi connectivity index (χ4n) is 0.348. The van der Waals surface area contributed by atoms with Crippen LogP contribution in [0.3, 0.4) is 0 Å². The van der Waals surface area contributed by atoms with E-state index in [0.29, 0.717) is 13.2 Å². The molecule has 0 atom stereocenters. The van der Waals surface area contributed by atoms with E-state index in [4.69, 9.17) is 5.11 Å². The van der Waals surface area contributed by atoms with Crippen LogP contribution >= 0.6 is 0 Å². The Balaban J connectivity index is 0. The van der Waals surface area contributed by atoms with Crippen molar-refractivity contribution < 1.29 is 14.6 Å². The topological polar surface area (TPSA) is 58.6 Å². The Labute approximate surface area is 61.2 Å². The summed E-state index contributed by atoms with van der Waals surface area (Å²) in [7, 11) is 1.00. The van der Waals surface area contributed by atoms with E-state index in [1.165, 1.54) is 0 Å². The smallest absolute Gasteiger partial charge is 0.407 e. The largest absolute Gasteiger partial charge is 0.448 e. The summed E-state index contributed by atoms with van der Waals surface area (Å²) in [4.78, 5) is 9.91. The van der Waals surface area contributed by atoms with Gasteiger partial charge in [-0.2, -0.15) is 0 Å². The summed E-state index contributed by atoms with van der Waals surface area (Å²) in [6, 6.07) is 0. The van der Waals surface area contributed by atoms with Crippen molar-refractivity contribution >= 4 is 6.09 Å². The Kier molecular flexibility index (Phi) is 13.3. The second-order valence-corrected chi connectivity index (χ2v) is 1.06. The molecule has 0 aromatic heterocycles. The highest BCUT2D eigenvalue weighted by atomic mass is 16.6. The SMILES string of the molecule is CC.CO.O=C1NCCO1. The number of aliphatic hydroxyl groups excluding tert-OH is 1. The number of carbonyl (C=O) groups is 1.